The Bertz CT molecular complexity index is 256. The summed E-state index contributed by atoms with van der Waals surface area (Å²) in [5, 5.41) is 9.11. The third-order valence-electron chi connectivity index (χ3n) is 3.12. The van der Waals surface area contributed by atoms with Gasteiger partial charge in [0.05, 0.1) is 18.8 Å². The number of hydrogen-bond donors (Lipinski definition) is 1. The standard InChI is InChI=1S/C11H19NO3S/c1-8-4-12(5-10(6-13)15-8)11(14)9-2-3-16-7-9/h8-10,13H,2-7H2,1H3. The molecule has 1 N–H and O–H groups in total. The lowest BCUT2D eigenvalue weighted by Crippen LogP contribution is -2.52. The Morgan fingerprint density at radius 2 is 2.38 bits per heavy atom. The molecule has 4 nitrogen and oxygen atoms in total. The van der Waals surface area contributed by atoms with Crippen molar-refractivity contribution in [2.45, 2.75) is 25.6 Å². The minimum atomic E-state index is -0.207. The van der Waals surface area contributed by atoms with E-state index in [4.69, 9.17) is 9.84 Å². The van der Waals surface area contributed by atoms with E-state index in [0.29, 0.717) is 13.1 Å². The molecule has 0 bridgehead atoms. The number of nitrogens with zero attached hydrogens (tertiary/aromatic N) is 1. The minimum absolute atomic E-state index is 0.00641. The average molecular weight is 245 g/mol. The second kappa shape index (κ2) is 5.38. The summed E-state index contributed by atoms with van der Waals surface area (Å²) >= 11 is 1.85. The minimum Gasteiger partial charge on any atom is -0.394 e. The summed E-state index contributed by atoms with van der Waals surface area (Å²) in [6.45, 7) is 3.15. The number of morpholine rings is 1. The predicted octanol–water partition coefficient (Wildman–Crippen LogP) is 0.348. The van der Waals surface area contributed by atoms with Gasteiger partial charge >= 0.3 is 0 Å². The van der Waals surface area contributed by atoms with Crippen molar-refractivity contribution in [3.8, 4) is 0 Å². The van der Waals surface area contributed by atoms with E-state index in [1.165, 1.54) is 0 Å². The van der Waals surface area contributed by atoms with Crippen LogP contribution >= 0.6 is 11.8 Å². The quantitative estimate of drug-likeness (QED) is 0.762. The van der Waals surface area contributed by atoms with Gasteiger partial charge in [0.25, 0.3) is 0 Å². The molecular formula is C11H19NO3S. The number of rotatable bonds is 2. The third kappa shape index (κ3) is 2.70. The first-order valence-corrected chi connectivity index (χ1v) is 6.99. The van der Waals surface area contributed by atoms with Crippen molar-refractivity contribution in [1.29, 1.82) is 0 Å². The molecule has 2 rings (SSSR count). The van der Waals surface area contributed by atoms with Crippen LogP contribution in [0.1, 0.15) is 13.3 Å². The Morgan fingerprint density at radius 1 is 1.56 bits per heavy atom. The lowest BCUT2D eigenvalue weighted by Gasteiger charge is -2.37. The molecule has 0 saturated carbocycles. The fourth-order valence-corrected chi connectivity index (χ4v) is 3.53. The second-order valence-electron chi connectivity index (χ2n) is 4.56. The van der Waals surface area contributed by atoms with E-state index in [1.807, 2.05) is 23.6 Å². The van der Waals surface area contributed by atoms with Crippen molar-refractivity contribution in [1.82, 2.24) is 4.90 Å². The zero-order valence-corrected chi connectivity index (χ0v) is 10.4. The molecule has 1 amide bonds. The van der Waals surface area contributed by atoms with E-state index in [9.17, 15) is 4.79 Å². The van der Waals surface area contributed by atoms with Gasteiger partial charge in [0.15, 0.2) is 0 Å². The maximum absolute atomic E-state index is 12.2. The molecular weight excluding hydrogens is 226 g/mol. The number of amides is 1. The van der Waals surface area contributed by atoms with Crippen molar-refractivity contribution in [2.75, 3.05) is 31.2 Å². The molecule has 3 unspecified atom stereocenters. The molecule has 2 aliphatic rings. The molecule has 2 aliphatic heterocycles. The van der Waals surface area contributed by atoms with Gasteiger partial charge in [0.1, 0.15) is 0 Å². The average Bonchev–Trinajstić information content (AvgIpc) is 2.80. The number of thioether (sulfide) groups is 1. The first-order chi connectivity index (χ1) is 7.70. The first kappa shape index (κ1) is 12.2. The number of aliphatic hydroxyl groups excluding tert-OH is 1. The highest BCUT2D eigenvalue weighted by atomic mass is 32.2. The summed E-state index contributed by atoms with van der Waals surface area (Å²) in [5.41, 5.74) is 0. The summed E-state index contributed by atoms with van der Waals surface area (Å²) in [7, 11) is 0. The summed E-state index contributed by atoms with van der Waals surface area (Å²) < 4.78 is 5.53. The van der Waals surface area contributed by atoms with Gasteiger partial charge in [-0.2, -0.15) is 11.8 Å². The van der Waals surface area contributed by atoms with E-state index in [2.05, 4.69) is 0 Å². The van der Waals surface area contributed by atoms with Crippen molar-refractivity contribution in [2.24, 2.45) is 5.92 Å². The van der Waals surface area contributed by atoms with Gasteiger partial charge < -0.3 is 14.7 Å². The summed E-state index contributed by atoms with van der Waals surface area (Å²) in [6, 6.07) is 0. The van der Waals surface area contributed by atoms with Gasteiger partial charge in [-0.15, -0.1) is 0 Å². The fraction of sp³-hybridized carbons (Fsp3) is 0.909. The zero-order chi connectivity index (χ0) is 11.5. The zero-order valence-electron chi connectivity index (χ0n) is 9.59. The van der Waals surface area contributed by atoms with Gasteiger partial charge in [-0.1, -0.05) is 0 Å². The van der Waals surface area contributed by atoms with Crippen LogP contribution in [0.5, 0.6) is 0 Å². The Kier molecular flexibility index (Phi) is 4.10. The number of aliphatic hydroxyl groups is 1. The van der Waals surface area contributed by atoms with E-state index in [-0.39, 0.29) is 30.6 Å². The van der Waals surface area contributed by atoms with Crippen molar-refractivity contribution < 1.29 is 14.6 Å². The highest BCUT2D eigenvalue weighted by Crippen LogP contribution is 2.26. The number of carbonyl (C=O) groups excluding carboxylic acids is 1. The molecule has 16 heavy (non-hydrogen) atoms. The van der Waals surface area contributed by atoms with E-state index in [0.717, 1.165) is 17.9 Å². The lowest BCUT2D eigenvalue weighted by atomic mass is 10.1. The van der Waals surface area contributed by atoms with E-state index < -0.39 is 0 Å². The van der Waals surface area contributed by atoms with E-state index >= 15 is 0 Å². The number of ether oxygens (including phenoxy) is 1. The normalized spacial score (nSPS) is 35.4. The van der Waals surface area contributed by atoms with Gasteiger partial charge in [-0.3, -0.25) is 4.79 Å². The molecule has 0 aromatic carbocycles. The fourth-order valence-electron chi connectivity index (χ4n) is 2.31. The molecule has 5 heteroatoms. The molecule has 0 spiro atoms. The molecule has 0 aromatic rings. The van der Waals surface area contributed by atoms with Crippen LogP contribution in [0.15, 0.2) is 0 Å². The summed E-state index contributed by atoms with van der Waals surface area (Å²) in [4.78, 5) is 14.0. The van der Waals surface area contributed by atoms with Gasteiger partial charge in [0.2, 0.25) is 5.91 Å². The topological polar surface area (TPSA) is 49.8 Å². The van der Waals surface area contributed by atoms with Crippen LogP contribution in [0, 0.1) is 5.92 Å². The molecule has 0 radical (unpaired) electrons. The highest BCUT2D eigenvalue weighted by molar-refractivity contribution is 7.99. The van der Waals surface area contributed by atoms with Crippen LogP contribution in [-0.4, -0.2) is 59.3 Å². The van der Waals surface area contributed by atoms with E-state index in [1.54, 1.807) is 0 Å². The predicted molar refractivity (Wildman–Crippen MR) is 63.4 cm³/mol. The number of hydrogen-bond acceptors (Lipinski definition) is 4. The molecule has 2 fully saturated rings. The smallest absolute Gasteiger partial charge is 0.226 e. The maximum atomic E-state index is 12.2. The van der Waals surface area contributed by atoms with Crippen LogP contribution in [0.25, 0.3) is 0 Å². The molecule has 2 saturated heterocycles. The lowest BCUT2D eigenvalue weighted by molar-refractivity contribution is -0.150. The molecule has 0 aromatic heterocycles. The van der Waals surface area contributed by atoms with Crippen molar-refractivity contribution in [3.63, 3.8) is 0 Å². The van der Waals surface area contributed by atoms with Crippen LogP contribution in [0.3, 0.4) is 0 Å². The Labute approximate surface area is 100 Å². The molecule has 0 aliphatic carbocycles. The van der Waals surface area contributed by atoms with Crippen molar-refractivity contribution in [3.05, 3.63) is 0 Å². The van der Waals surface area contributed by atoms with Crippen LogP contribution in [0.4, 0.5) is 0 Å². The van der Waals surface area contributed by atoms with Crippen LogP contribution in [0.2, 0.25) is 0 Å². The van der Waals surface area contributed by atoms with Crippen LogP contribution < -0.4 is 0 Å². The van der Waals surface area contributed by atoms with Gasteiger partial charge in [0, 0.05) is 24.8 Å². The molecule has 3 atom stereocenters. The van der Waals surface area contributed by atoms with Gasteiger partial charge in [-0.05, 0) is 19.1 Å². The first-order valence-electron chi connectivity index (χ1n) is 5.83. The Balaban J connectivity index is 1.94. The summed E-state index contributed by atoms with van der Waals surface area (Å²) in [6.07, 6.45) is 0.824. The SMILES string of the molecule is CC1CN(C(=O)C2CCSC2)CC(CO)O1. The van der Waals surface area contributed by atoms with Crippen molar-refractivity contribution >= 4 is 17.7 Å². The summed E-state index contributed by atoms with van der Waals surface area (Å²) in [5.74, 6) is 2.49. The monoisotopic (exact) mass is 245 g/mol. The molecule has 92 valence electrons. The highest BCUT2D eigenvalue weighted by Gasteiger charge is 2.33. The molecule has 2 heterocycles. The van der Waals surface area contributed by atoms with Gasteiger partial charge in [-0.25, -0.2) is 0 Å². The largest absolute Gasteiger partial charge is 0.394 e. The third-order valence-corrected chi connectivity index (χ3v) is 4.28. The number of carbonyl (C=O) groups is 1. The Morgan fingerprint density at radius 3 is 3.00 bits per heavy atom. The maximum Gasteiger partial charge on any atom is 0.226 e. The Hall–Kier alpha value is -0.260. The second-order valence-corrected chi connectivity index (χ2v) is 5.70. The van der Waals surface area contributed by atoms with Crippen LogP contribution in [-0.2, 0) is 9.53 Å².